The molecule has 0 heterocycles. The molecule has 2 rings (SSSR count). The van der Waals surface area contributed by atoms with Crippen molar-refractivity contribution in [1.29, 1.82) is 0 Å². The van der Waals surface area contributed by atoms with E-state index in [1.807, 2.05) is 0 Å². The molecule has 2 aromatic rings. The largest absolute Gasteiger partial charge is 0.129 e. The van der Waals surface area contributed by atoms with Gasteiger partial charge in [0.1, 0.15) is 16.1 Å². The van der Waals surface area contributed by atoms with Crippen LogP contribution in [0.5, 0.6) is 0 Å². The first kappa shape index (κ1) is 24.5. The molecule has 2 heteroatoms. The van der Waals surface area contributed by atoms with Crippen LogP contribution in [-0.2, 0) is 10.8 Å². The van der Waals surface area contributed by atoms with E-state index in [-0.39, 0.29) is 10.8 Å². The van der Waals surface area contributed by atoms with E-state index in [2.05, 4.69) is 128 Å². The van der Waals surface area contributed by atoms with Crippen molar-refractivity contribution in [2.24, 2.45) is 0 Å². The van der Waals surface area contributed by atoms with Gasteiger partial charge in [0.15, 0.2) is 0 Å². The van der Waals surface area contributed by atoms with Crippen LogP contribution in [0.3, 0.4) is 0 Å². The minimum Gasteiger partial charge on any atom is -0.127 e. The summed E-state index contributed by atoms with van der Waals surface area (Å²) in [5.74, 6) is 7.12. The molecule has 0 spiro atoms. The van der Waals surface area contributed by atoms with Gasteiger partial charge in [-0.2, -0.15) is 0 Å². The molecule has 0 unspecified atom stereocenters. The second-order valence-electron chi connectivity index (χ2n) is 12.6. The van der Waals surface area contributed by atoms with Crippen molar-refractivity contribution in [2.45, 2.75) is 91.7 Å². The zero-order valence-corrected chi connectivity index (χ0v) is 23.3. The third-order valence-electron chi connectivity index (χ3n) is 4.85. The minimum atomic E-state index is -1.44. The Balaban J connectivity index is 2.97. The average Bonchev–Trinajstić information content (AvgIpc) is 2.53. The van der Waals surface area contributed by atoms with Gasteiger partial charge in [0, 0.05) is 11.1 Å². The molecule has 0 bridgehead atoms. The molecule has 0 radical (unpaired) electrons. The molecular formula is C28H40Si2. The van der Waals surface area contributed by atoms with Crippen molar-refractivity contribution in [2.75, 3.05) is 0 Å². The quantitative estimate of drug-likeness (QED) is 0.293. The van der Waals surface area contributed by atoms with Crippen LogP contribution in [0, 0.1) is 22.9 Å². The molecule has 0 aliphatic rings. The van der Waals surface area contributed by atoms with Gasteiger partial charge in [-0.25, -0.2) is 0 Å². The van der Waals surface area contributed by atoms with Gasteiger partial charge in [-0.3, -0.25) is 0 Å². The highest BCUT2D eigenvalue weighted by Gasteiger charge is 2.26. The van der Waals surface area contributed by atoms with Gasteiger partial charge in [-0.15, -0.1) is 11.1 Å². The second-order valence-corrected chi connectivity index (χ2v) is 22.1. The number of hydrogen-bond donors (Lipinski definition) is 0. The van der Waals surface area contributed by atoms with Crippen LogP contribution in [0.1, 0.15) is 63.8 Å². The molecule has 0 amide bonds. The number of rotatable bonds is 0. The van der Waals surface area contributed by atoms with Gasteiger partial charge in [-0.05, 0) is 44.9 Å². The molecule has 0 aliphatic carbocycles. The third-order valence-corrected chi connectivity index (χ3v) is 6.60. The zero-order valence-electron chi connectivity index (χ0n) is 21.3. The van der Waals surface area contributed by atoms with Crippen molar-refractivity contribution in [3.63, 3.8) is 0 Å². The van der Waals surface area contributed by atoms with Crippen molar-refractivity contribution >= 4 is 26.9 Å². The molecular weight excluding hydrogens is 392 g/mol. The maximum Gasteiger partial charge on any atom is 0.129 e. The van der Waals surface area contributed by atoms with E-state index in [9.17, 15) is 0 Å². The number of benzene rings is 2. The van der Waals surface area contributed by atoms with E-state index < -0.39 is 16.1 Å². The van der Waals surface area contributed by atoms with Gasteiger partial charge in [0.25, 0.3) is 0 Å². The monoisotopic (exact) mass is 432 g/mol. The van der Waals surface area contributed by atoms with Gasteiger partial charge >= 0.3 is 0 Å². The first-order valence-electron chi connectivity index (χ1n) is 11.1. The van der Waals surface area contributed by atoms with Crippen molar-refractivity contribution in [1.82, 2.24) is 0 Å². The van der Waals surface area contributed by atoms with E-state index >= 15 is 0 Å². The summed E-state index contributed by atoms with van der Waals surface area (Å²) in [5.41, 5.74) is 12.3. The molecule has 0 N–H and O–H groups in total. The fourth-order valence-electron chi connectivity index (χ4n) is 3.74. The molecule has 0 aliphatic heterocycles. The van der Waals surface area contributed by atoms with E-state index in [1.54, 1.807) is 0 Å². The Morgan fingerprint density at radius 3 is 1.07 bits per heavy atom. The van der Waals surface area contributed by atoms with Gasteiger partial charge in [0.2, 0.25) is 0 Å². The molecule has 160 valence electrons. The van der Waals surface area contributed by atoms with Crippen LogP contribution in [0.4, 0.5) is 0 Å². The Hall–Kier alpha value is -1.75. The smallest absolute Gasteiger partial charge is 0.127 e. The summed E-state index contributed by atoms with van der Waals surface area (Å²) in [6.07, 6.45) is 0. The predicted molar refractivity (Wildman–Crippen MR) is 142 cm³/mol. The number of hydrogen-bond acceptors (Lipinski definition) is 0. The molecule has 0 saturated carbocycles. The maximum atomic E-state index is 3.58. The molecule has 0 saturated heterocycles. The van der Waals surface area contributed by atoms with Crippen LogP contribution < -0.4 is 0 Å². The van der Waals surface area contributed by atoms with Crippen LogP contribution in [0.15, 0.2) is 24.3 Å². The minimum absolute atomic E-state index is 0.0175. The van der Waals surface area contributed by atoms with Gasteiger partial charge < -0.3 is 0 Å². The lowest BCUT2D eigenvalue weighted by atomic mass is 9.75. The van der Waals surface area contributed by atoms with E-state index in [1.165, 1.54) is 33.0 Å². The first-order valence-corrected chi connectivity index (χ1v) is 18.1. The van der Waals surface area contributed by atoms with E-state index in [0.717, 1.165) is 0 Å². The van der Waals surface area contributed by atoms with Gasteiger partial charge in [-0.1, -0.05) is 105 Å². The summed E-state index contributed by atoms with van der Waals surface area (Å²) in [4.78, 5) is 0. The summed E-state index contributed by atoms with van der Waals surface area (Å²) in [6.45, 7) is 27.6. The second kappa shape index (κ2) is 8.07. The fourth-order valence-corrected chi connectivity index (χ4v) is 4.76. The molecule has 0 nitrogen and oxygen atoms in total. The Kier molecular flexibility index (Phi) is 6.59. The molecule has 0 aromatic heterocycles. The van der Waals surface area contributed by atoms with Crippen LogP contribution in [0.25, 0.3) is 10.8 Å². The van der Waals surface area contributed by atoms with Crippen LogP contribution >= 0.6 is 0 Å². The van der Waals surface area contributed by atoms with Crippen LogP contribution in [-0.4, -0.2) is 16.1 Å². The molecule has 0 fully saturated rings. The predicted octanol–water partition coefficient (Wildman–Crippen LogP) is 7.89. The SMILES string of the molecule is CC(C)(C)c1c(C#C[Si](C)(C)C)ccc2c(C(C)(C)C)c(C#C[Si](C)(C)C)ccc12. The highest BCUT2D eigenvalue weighted by atomic mass is 28.3. The molecule has 0 atom stereocenters. The molecule has 30 heavy (non-hydrogen) atoms. The lowest BCUT2D eigenvalue weighted by Gasteiger charge is -2.28. The lowest BCUT2D eigenvalue weighted by Crippen LogP contribution is -2.19. The highest BCUT2D eigenvalue weighted by Crippen LogP contribution is 2.39. The summed E-state index contributed by atoms with van der Waals surface area (Å²) in [7, 11) is -2.89. The fraction of sp³-hybridized carbons (Fsp3) is 0.500. The summed E-state index contributed by atoms with van der Waals surface area (Å²) in [5, 5.41) is 2.65. The summed E-state index contributed by atoms with van der Waals surface area (Å²) in [6, 6.07) is 9.08. The first-order chi connectivity index (χ1) is 13.4. The summed E-state index contributed by atoms with van der Waals surface area (Å²) >= 11 is 0. The Labute approximate surface area is 187 Å². The third kappa shape index (κ3) is 6.13. The molecule has 2 aromatic carbocycles. The van der Waals surface area contributed by atoms with Crippen molar-refractivity contribution in [3.8, 4) is 22.9 Å². The Morgan fingerprint density at radius 1 is 0.533 bits per heavy atom. The number of fused-ring (bicyclic) bond motifs is 1. The summed E-state index contributed by atoms with van der Waals surface area (Å²) < 4.78 is 0. The topological polar surface area (TPSA) is 0 Å². The normalized spacial score (nSPS) is 12.8. The van der Waals surface area contributed by atoms with E-state index in [4.69, 9.17) is 0 Å². The maximum absolute atomic E-state index is 3.58. The van der Waals surface area contributed by atoms with Gasteiger partial charge in [0.05, 0.1) is 0 Å². The zero-order chi connectivity index (χ0) is 23.1. The Morgan fingerprint density at radius 2 is 0.833 bits per heavy atom. The van der Waals surface area contributed by atoms with Crippen molar-refractivity contribution in [3.05, 3.63) is 46.5 Å². The highest BCUT2D eigenvalue weighted by molar-refractivity contribution is 6.84. The lowest BCUT2D eigenvalue weighted by molar-refractivity contribution is 0.589. The average molecular weight is 433 g/mol. The standard InChI is InChI=1S/C28H40Si2/c1-27(2,3)25-21(17-19-29(7,8)9)13-16-24-23(25)15-14-22(18-20-30(10,11)12)26(24)28(4,5)6/h13-16H,1-12H3. The van der Waals surface area contributed by atoms with Crippen LogP contribution in [0.2, 0.25) is 39.3 Å². The Bertz CT molecular complexity index is 979. The van der Waals surface area contributed by atoms with Crippen molar-refractivity contribution < 1.29 is 0 Å². The van der Waals surface area contributed by atoms with E-state index in [0.29, 0.717) is 0 Å².